The van der Waals surface area contributed by atoms with Crippen LogP contribution in [0.4, 0.5) is 0 Å². The second kappa shape index (κ2) is 6.77. The number of rotatable bonds is 6. The number of methoxy groups -OCH3 is 1. The van der Waals surface area contributed by atoms with Gasteiger partial charge in [0.15, 0.2) is 5.75 Å². The van der Waals surface area contributed by atoms with E-state index in [2.05, 4.69) is 15.3 Å². The fourth-order valence-electron chi connectivity index (χ4n) is 3.07. The van der Waals surface area contributed by atoms with E-state index in [1.165, 1.54) is 0 Å². The number of hydrogen-bond donors (Lipinski definition) is 2. The Morgan fingerprint density at radius 1 is 1.48 bits per heavy atom. The van der Waals surface area contributed by atoms with Crippen molar-refractivity contribution in [1.82, 2.24) is 20.0 Å². The summed E-state index contributed by atoms with van der Waals surface area (Å²) in [6.07, 6.45) is 5.13. The minimum atomic E-state index is -0.832. The van der Waals surface area contributed by atoms with Crippen molar-refractivity contribution in [3.63, 3.8) is 0 Å². The number of nitrogens with zero attached hydrogens (tertiary/aromatic N) is 3. The summed E-state index contributed by atoms with van der Waals surface area (Å²) in [7, 11) is 7.69. The lowest BCUT2D eigenvalue weighted by molar-refractivity contribution is -0.0175. The lowest BCUT2D eigenvalue weighted by Gasteiger charge is -2.36. The number of nitrogens with one attached hydrogen (secondary N) is 1. The van der Waals surface area contributed by atoms with Crippen molar-refractivity contribution < 1.29 is 9.84 Å². The summed E-state index contributed by atoms with van der Waals surface area (Å²) in [6, 6.07) is 0.495. The SMILES string of the molecule is CNC1CCC(O)(c2c(OC)cnn2CCN(C)C)CC1. The van der Waals surface area contributed by atoms with Gasteiger partial charge >= 0.3 is 0 Å². The van der Waals surface area contributed by atoms with Gasteiger partial charge in [-0.15, -0.1) is 0 Å². The van der Waals surface area contributed by atoms with Crippen LogP contribution in [0.3, 0.4) is 0 Å². The standard InChI is InChI=1S/C15H28N4O2/c1-16-12-5-7-15(20,8-6-12)14-13(21-4)11-17-19(14)10-9-18(2)3/h11-12,16,20H,5-10H2,1-4H3. The highest BCUT2D eigenvalue weighted by molar-refractivity contribution is 5.31. The average molecular weight is 296 g/mol. The number of ether oxygens (including phenoxy) is 1. The van der Waals surface area contributed by atoms with Crippen molar-refractivity contribution in [2.75, 3.05) is 34.8 Å². The van der Waals surface area contributed by atoms with Gasteiger partial charge in [0.25, 0.3) is 0 Å². The molecule has 0 saturated heterocycles. The Balaban J connectivity index is 2.22. The molecule has 0 aliphatic heterocycles. The molecule has 0 spiro atoms. The molecule has 1 saturated carbocycles. The molecule has 6 nitrogen and oxygen atoms in total. The minimum absolute atomic E-state index is 0.495. The zero-order chi connectivity index (χ0) is 15.5. The van der Waals surface area contributed by atoms with Crippen LogP contribution in [0.15, 0.2) is 6.20 Å². The third kappa shape index (κ3) is 3.56. The predicted molar refractivity (Wildman–Crippen MR) is 82.5 cm³/mol. The molecule has 0 bridgehead atoms. The Kier molecular flexibility index (Phi) is 5.24. The van der Waals surface area contributed by atoms with Crippen molar-refractivity contribution in [2.24, 2.45) is 0 Å². The molecule has 0 radical (unpaired) electrons. The smallest absolute Gasteiger partial charge is 0.162 e. The van der Waals surface area contributed by atoms with Crippen LogP contribution in [-0.4, -0.2) is 60.6 Å². The van der Waals surface area contributed by atoms with E-state index in [-0.39, 0.29) is 0 Å². The van der Waals surface area contributed by atoms with Gasteiger partial charge in [-0.25, -0.2) is 0 Å². The topological polar surface area (TPSA) is 62.5 Å². The van der Waals surface area contributed by atoms with Crippen LogP contribution in [0, 0.1) is 0 Å². The van der Waals surface area contributed by atoms with Crippen LogP contribution in [-0.2, 0) is 12.1 Å². The Labute approximate surface area is 127 Å². The van der Waals surface area contributed by atoms with Crippen molar-refractivity contribution in [2.45, 2.75) is 43.9 Å². The molecule has 1 aromatic rings. The van der Waals surface area contributed by atoms with Crippen molar-refractivity contribution >= 4 is 0 Å². The van der Waals surface area contributed by atoms with Crippen molar-refractivity contribution in [1.29, 1.82) is 0 Å². The van der Waals surface area contributed by atoms with E-state index in [4.69, 9.17) is 4.74 Å². The van der Waals surface area contributed by atoms with Gasteiger partial charge in [0.05, 0.1) is 19.9 Å². The number of aromatic nitrogens is 2. The third-order valence-corrected chi connectivity index (χ3v) is 4.45. The molecule has 2 N–H and O–H groups in total. The van der Waals surface area contributed by atoms with E-state index in [1.54, 1.807) is 13.3 Å². The normalized spacial score (nSPS) is 26.3. The van der Waals surface area contributed by atoms with E-state index in [9.17, 15) is 5.11 Å². The summed E-state index contributed by atoms with van der Waals surface area (Å²) in [5.74, 6) is 0.694. The van der Waals surface area contributed by atoms with Gasteiger partial charge in [-0.05, 0) is 46.8 Å². The largest absolute Gasteiger partial charge is 0.493 e. The fraction of sp³-hybridized carbons (Fsp3) is 0.800. The van der Waals surface area contributed by atoms with Crippen molar-refractivity contribution in [3.05, 3.63) is 11.9 Å². The van der Waals surface area contributed by atoms with E-state index in [0.29, 0.717) is 11.8 Å². The highest BCUT2D eigenvalue weighted by Crippen LogP contribution is 2.41. The maximum absolute atomic E-state index is 11.1. The van der Waals surface area contributed by atoms with Gasteiger partial charge in [0.2, 0.25) is 0 Å². The first kappa shape index (κ1) is 16.3. The molecule has 6 heteroatoms. The Hall–Kier alpha value is -1.11. The van der Waals surface area contributed by atoms with E-state index < -0.39 is 5.60 Å². The number of likely N-dealkylation sites (N-methyl/N-ethyl adjacent to an activating group) is 1. The molecule has 1 aliphatic rings. The van der Waals surface area contributed by atoms with Gasteiger partial charge in [0.1, 0.15) is 11.3 Å². The van der Waals surface area contributed by atoms with Crippen molar-refractivity contribution in [3.8, 4) is 5.75 Å². The Morgan fingerprint density at radius 3 is 2.67 bits per heavy atom. The van der Waals surface area contributed by atoms with Crippen LogP contribution in [0.2, 0.25) is 0 Å². The monoisotopic (exact) mass is 296 g/mol. The molecule has 21 heavy (non-hydrogen) atoms. The van der Waals surface area contributed by atoms with Crippen LogP contribution in [0.5, 0.6) is 5.75 Å². The number of aliphatic hydroxyl groups is 1. The minimum Gasteiger partial charge on any atom is -0.493 e. The summed E-state index contributed by atoms with van der Waals surface area (Å²) in [5, 5.41) is 18.8. The maximum Gasteiger partial charge on any atom is 0.162 e. The van der Waals surface area contributed by atoms with Crippen LogP contribution in [0.1, 0.15) is 31.4 Å². The van der Waals surface area contributed by atoms with E-state index >= 15 is 0 Å². The molecular weight excluding hydrogens is 268 g/mol. The molecular formula is C15H28N4O2. The summed E-state index contributed by atoms with van der Waals surface area (Å²) >= 11 is 0. The highest BCUT2D eigenvalue weighted by Gasteiger charge is 2.39. The highest BCUT2D eigenvalue weighted by atomic mass is 16.5. The number of hydrogen-bond acceptors (Lipinski definition) is 5. The molecule has 1 fully saturated rings. The lowest BCUT2D eigenvalue weighted by atomic mass is 9.79. The van der Waals surface area contributed by atoms with Gasteiger partial charge in [-0.2, -0.15) is 5.10 Å². The molecule has 2 rings (SSSR count). The first-order valence-electron chi connectivity index (χ1n) is 7.65. The zero-order valence-electron chi connectivity index (χ0n) is 13.6. The van der Waals surface area contributed by atoms with Gasteiger partial charge in [-0.1, -0.05) is 0 Å². The van der Waals surface area contributed by atoms with Crippen LogP contribution in [0.25, 0.3) is 0 Å². The second-order valence-electron chi connectivity index (χ2n) is 6.18. The van der Waals surface area contributed by atoms with E-state index in [0.717, 1.165) is 44.5 Å². The first-order chi connectivity index (χ1) is 10.00. The predicted octanol–water partition coefficient (Wildman–Crippen LogP) is 0.803. The molecule has 0 amide bonds. The van der Waals surface area contributed by atoms with Gasteiger partial charge in [-0.3, -0.25) is 4.68 Å². The molecule has 120 valence electrons. The second-order valence-corrected chi connectivity index (χ2v) is 6.18. The average Bonchev–Trinajstić information content (AvgIpc) is 2.89. The van der Waals surface area contributed by atoms with Gasteiger partial charge < -0.3 is 20.1 Å². The molecule has 0 atom stereocenters. The summed E-state index contributed by atoms with van der Waals surface area (Å²) < 4.78 is 7.33. The molecule has 1 aromatic heterocycles. The lowest BCUT2D eigenvalue weighted by Crippen LogP contribution is -2.40. The first-order valence-corrected chi connectivity index (χ1v) is 7.65. The molecule has 0 aromatic carbocycles. The molecule has 0 unspecified atom stereocenters. The fourth-order valence-corrected chi connectivity index (χ4v) is 3.07. The summed E-state index contributed by atoms with van der Waals surface area (Å²) in [4.78, 5) is 2.11. The van der Waals surface area contributed by atoms with Crippen LogP contribution < -0.4 is 10.1 Å². The maximum atomic E-state index is 11.1. The quantitative estimate of drug-likeness (QED) is 0.813. The Morgan fingerprint density at radius 2 is 2.14 bits per heavy atom. The summed E-state index contributed by atoms with van der Waals surface area (Å²) in [5.41, 5.74) is 0.00279. The van der Waals surface area contributed by atoms with E-state index in [1.807, 2.05) is 25.8 Å². The summed E-state index contributed by atoms with van der Waals surface area (Å²) in [6.45, 7) is 1.64. The Bertz CT molecular complexity index is 451. The van der Waals surface area contributed by atoms with Crippen LogP contribution >= 0.6 is 0 Å². The third-order valence-electron chi connectivity index (χ3n) is 4.45. The zero-order valence-corrected chi connectivity index (χ0v) is 13.6. The molecule has 1 aliphatic carbocycles. The molecule has 1 heterocycles. The van der Waals surface area contributed by atoms with Gasteiger partial charge in [0, 0.05) is 12.6 Å².